The number of hydrogen-bond acceptors (Lipinski definition) is 5. The summed E-state index contributed by atoms with van der Waals surface area (Å²) in [7, 11) is 0. The first-order valence-electron chi connectivity index (χ1n) is 7.68. The number of carbonyl (C=O) groups excluding carboxylic acids is 1. The van der Waals surface area contributed by atoms with E-state index in [1.807, 2.05) is 0 Å². The van der Waals surface area contributed by atoms with Crippen molar-refractivity contribution in [1.82, 2.24) is 10.5 Å². The van der Waals surface area contributed by atoms with Gasteiger partial charge in [-0.3, -0.25) is 4.79 Å². The molecule has 1 amide bonds. The highest BCUT2D eigenvalue weighted by Gasteiger charge is 2.44. The van der Waals surface area contributed by atoms with Crippen molar-refractivity contribution in [2.75, 3.05) is 0 Å². The van der Waals surface area contributed by atoms with Crippen LogP contribution in [0.4, 0.5) is 17.6 Å². The smallest absolute Gasteiger partial charge is 0.415 e. The Labute approximate surface area is 160 Å². The van der Waals surface area contributed by atoms with Gasteiger partial charge in [-0.25, -0.2) is 4.39 Å². The van der Waals surface area contributed by atoms with Crippen molar-refractivity contribution in [3.63, 3.8) is 0 Å². The van der Waals surface area contributed by atoms with E-state index in [2.05, 4.69) is 5.16 Å². The minimum Gasteiger partial charge on any atom is -0.484 e. The molecule has 3 aromatic rings. The van der Waals surface area contributed by atoms with Crippen molar-refractivity contribution in [2.45, 2.75) is 18.8 Å². The molecule has 0 fully saturated rings. The normalized spacial score (nSPS) is 12.6. The molecule has 148 valence electrons. The van der Waals surface area contributed by atoms with Gasteiger partial charge in [0.15, 0.2) is 17.5 Å². The number of alkyl halides is 3. The first-order chi connectivity index (χ1) is 13.2. The molecule has 6 nitrogen and oxygen atoms in total. The number of furan rings is 1. The summed E-state index contributed by atoms with van der Waals surface area (Å²) in [4.78, 5) is 12.1. The third kappa shape index (κ3) is 4.63. The summed E-state index contributed by atoms with van der Waals surface area (Å²) in [5, 5.41) is 5.24. The Kier molecular flexibility index (Phi) is 5.59. The van der Waals surface area contributed by atoms with Crippen molar-refractivity contribution < 1.29 is 36.0 Å². The lowest BCUT2D eigenvalue weighted by Gasteiger charge is -2.18. The number of nitrogens with zero attached hydrogens (tertiary/aromatic N) is 1. The number of nitrogens with one attached hydrogen (secondary N) is 1. The van der Waals surface area contributed by atoms with Crippen LogP contribution in [0.2, 0.25) is 5.02 Å². The fraction of sp³-hybridized carbons (Fsp3) is 0.176. The number of benzene rings is 1. The minimum atomic E-state index is -4.78. The van der Waals surface area contributed by atoms with Gasteiger partial charge in [0, 0.05) is 6.07 Å². The Morgan fingerprint density at radius 1 is 1.29 bits per heavy atom. The molecule has 1 aromatic carbocycles. The average Bonchev–Trinajstić information content (AvgIpc) is 3.29. The molecule has 3 rings (SSSR count). The van der Waals surface area contributed by atoms with Crippen molar-refractivity contribution in [2.24, 2.45) is 0 Å². The van der Waals surface area contributed by atoms with E-state index in [1.54, 1.807) is 5.32 Å². The van der Waals surface area contributed by atoms with Crippen LogP contribution in [-0.2, 0) is 6.61 Å². The third-order valence-corrected chi connectivity index (χ3v) is 3.78. The van der Waals surface area contributed by atoms with Crippen LogP contribution < -0.4 is 10.1 Å². The second-order valence-corrected chi connectivity index (χ2v) is 5.91. The van der Waals surface area contributed by atoms with E-state index in [0.717, 1.165) is 30.5 Å². The van der Waals surface area contributed by atoms with Gasteiger partial charge in [-0.15, -0.1) is 0 Å². The largest absolute Gasteiger partial charge is 0.484 e. The molecule has 0 aliphatic carbocycles. The first kappa shape index (κ1) is 19.7. The summed E-state index contributed by atoms with van der Waals surface area (Å²) in [5.74, 6) is -1.94. The van der Waals surface area contributed by atoms with Crippen LogP contribution in [-0.4, -0.2) is 17.2 Å². The summed E-state index contributed by atoms with van der Waals surface area (Å²) in [6, 6.07) is 4.60. The quantitative estimate of drug-likeness (QED) is 0.588. The van der Waals surface area contributed by atoms with Gasteiger partial charge in [-0.05, 0) is 30.3 Å². The molecule has 0 radical (unpaired) electrons. The molecule has 0 bridgehead atoms. The van der Waals surface area contributed by atoms with Crippen LogP contribution >= 0.6 is 11.6 Å². The van der Waals surface area contributed by atoms with Crippen molar-refractivity contribution in [3.8, 4) is 5.75 Å². The average molecular weight is 419 g/mol. The Hall–Kier alpha value is -3.01. The Balaban J connectivity index is 1.66. The van der Waals surface area contributed by atoms with Gasteiger partial charge in [0.2, 0.25) is 0 Å². The van der Waals surface area contributed by atoms with E-state index >= 15 is 0 Å². The number of ether oxygens (including phenoxy) is 1. The Morgan fingerprint density at radius 2 is 2.07 bits per heavy atom. The van der Waals surface area contributed by atoms with Crippen LogP contribution in [0.1, 0.15) is 28.1 Å². The maximum atomic E-state index is 13.2. The molecule has 28 heavy (non-hydrogen) atoms. The maximum Gasteiger partial charge on any atom is 0.415 e. The van der Waals surface area contributed by atoms with Crippen LogP contribution in [0.5, 0.6) is 5.75 Å². The zero-order valence-corrected chi connectivity index (χ0v) is 14.6. The van der Waals surface area contributed by atoms with Gasteiger partial charge >= 0.3 is 6.18 Å². The number of halogens is 5. The number of hydrogen-bond donors (Lipinski definition) is 1. The Bertz CT molecular complexity index is 956. The lowest BCUT2D eigenvalue weighted by atomic mass is 10.2. The summed E-state index contributed by atoms with van der Waals surface area (Å²) >= 11 is 5.81. The number of aromatic nitrogens is 1. The molecule has 2 aromatic heterocycles. The van der Waals surface area contributed by atoms with Gasteiger partial charge < -0.3 is 19.0 Å². The molecule has 0 spiro atoms. The van der Waals surface area contributed by atoms with E-state index in [-0.39, 0.29) is 28.8 Å². The van der Waals surface area contributed by atoms with E-state index < -0.39 is 29.7 Å². The van der Waals surface area contributed by atoms with Crippen LogP contribution in [0.3, 0.4) is 0 Å². The lowest BCUT2D eigenvalue weighted by molar-refractivity contribution is -0.159. The van der Waals surface area contributed by atoms with Crippen LogP contribution in [0.15, 0.2) is 51.6 Å². The molecule has 0 aliphatic heterocycles. The number of amides is 1. The second-order valence-electron chi connectivity index (χ2n) is 5.51. The van der Waals surface area contributed by atoms with E-state index in [4.69, 9.17) is 25.3 Å². The van der Waals surface area contributed by atoms with Crippen LogP contribution in [0.25, 0.3) is 0 Å². The maximum absolute atomic E-state index is 13.2. The van der Waals surface area contributed by atoms with Crippen molar-refractivity contribution in [1.29, 1.82) is 0 Å². The molecule has 0 saturated carbocycles. The summed E-state index contributed by atoms with van der Waals surface area (Å²) in [5.41, 5.74) is -0.385. The van der Waals surface area contributed by atoms with Gasteiger partial charge in [0.1, 0.15) is 23.9 Å². The zero-order chi connectivity index (χ0) is 20.3. The molecular weight excluding hydrogens is 408 g/mol. The topological polar surface area (TPSA) is 77.5 Å². The van der Waals surface area contributed by atoms with E-state index in [0.29, 0.717) is 0 Å². The van der Waals surface area contributed by atoms with Crippen LogP contribution in [0, 0.1) is 5.82 Å². The summed E-state index contributed by atoms with van der Waals surface area (Å²) in [6.07, 6.45) is -3.71. The molecule has 0 aliphatic rings. The lowest BCUT2D eigenvalue weighted by Crippen LogP contribution is -2.38. The van der Waals surface area contributed by atoms with Gasteiger partial charge in [0.05, 0.1) is 11.3 Å². The third-order valence-electron chi connectivity index (χ3n) is 3.49. The Morgan fingerprint density at radius 3 is 2.71 bits per heavy atom. The SMILES string of the molecule is O=C(NC(c1ccco1)C(F)(F)F)c1cc(COc2ccc(F)cc2Cl)on1. The summed E-state index contributed by atoms with van der Waals surface area (Å²) in [6.45, 7) is -0.230. The van der Waals surface area contributed by atoms with E-state index in [9.17, 15) is 22.4 Å². The first-order valence-corrected chi connectivity index (χ1v) is 8.06. The molecule has 0 saturated heterocycles. The monoisotopic (exact) mass is 418 g/mol. The molecular formula is C17H11ClF4N2O4. The van der Waals surface area contributed by atoms with E-state index in [1.165, 1.54) is 12.1 Å². The van der Waals surface area contributed by atoms with Gasteiger partial charge in [0.25, 0.3) is 5.91 Å². The van der Waals surface area contributed by atoms with Crippen molar-refractivity contribution >= 4 is 17.5 Å². The van der Waals surface area contributed by atoms with Gasteiger partial charge in [-0.1, -0.05) is 16.8 Å². The van der Waals surface area contributed by atoms with Gasteiger partial charge in [-0.2, -0.15) is 13.2 Å². The minimum absolute atomic E-state index is 0.0175. The molecule has 2 heterocycles. The molecule has 1 unspecified atom stereocenters. The number of rotatable bonds is 6. The van der Waals surface area contributed by atoms with Crippen molar-refractivity contribution in [3.05, 3.63) is 70.7 Å². The molecule has 1 atom stereocenters. The number of carbonyl (C=O) groups is 1. The fourth-order valence-electron chi connectivity index (χ4n) is 2.20. The predicted molar refractivity (Wildman–Crippen MR) is 87.2 cm³/mol. The highest BCUT2D eigenvalue weighted by Crippen LogP contribution is 2.33. The predicted octanol–water partition coefficient (Wildman–Crippen LogP) is 4.67. The molecule has 1 N–H and O–H groups in total. The second kappa shape index (κ2) is 7.93. The highest BCUT2D eigenvalue weighted by molar-refractivity contribution is 6.32. The molecule has 11 heteroatoms. The zero-order valence-electron chi connectivity index (χ0n) is 13.8. The standard InChI is InChI=1S/C17H11ClF4N2O4/c18-11-6-9(19)3-4-13(11)27-8-10-7-12(24-28-10)16(25)23-15(17(20,21)22)14-2-1-5-26-14/h1-7,15H,8H2,(H,23,25). The fourth-order valence-corrected chi connectivity index (χ4v) is 2.43. The highest BCUT2D eigenvalue weighted by atomic mass is 35.5. The summed E-state index contributed by atoms with van der Waals surface area (Å²) < 4.78 is 67.4.